The highest BCUT2D eigenvalue weighted by Gasteiger charge is 2.67. The van der Waals surface area contributed by atoms with Crippen LogP contribution in [0.1, 0.15) is 29.8 Å². The second kappa shape index (κ2) is 6.83. The maximum atomic E-state index is 12.7. The Balaban J connectivity index is 2.07. The summed E-state index contributed by atoms with van der Waals surface area (Å²) in [5, 5.41) is 13.9. The summed E-state index contributed by atoms with van der Waals surface area (Å²) < 4.78 is 4.97. The molecule has 2 fully saturated rings. The summed E-state index contributed by atoms with van der Waals surface area (Å²) in [5.41, 5.74) is -0.516. The lowest BCUT2D eigenvalue weighted by Gasteiger charge is -2.30. The number of hydrogen-bond acceptors (Lipinski definition) is 7. The maximum Gasteiger partial charge on any atom is 0.326 e. The lowest BCUT2D eigenvalue weighted by atomic mass is 9.78. The number of fused-ring (bicyclic) bond motifs is 1. The van der Waals surface area contributed by atoms with Gasteiger partial charge in [0.05, 0.1) is 25.0 Å². The van der Waals surface area contributed by atoms with E-state index in [1.54, 1.807) is 6.92 Å². The van der Waals surface area contributed by atoms with Crippen molar-refractivity contribution < 1.29 is 24.2 Å². The number of nitrogens with zero attached hydrogens (tertiary/aromatic N) is 1. The summed E-state index contributed by atoms with van der Waals surface area (Å²) in [6.45, 7) is 1.56. The molecule has 2 N–H and O–H groups in total. The fraction of sp³-hybridized carbons (Fsp3) is 0.500. The van der Waals surface area contributed by atoms with Crippen molar-refractivity contribution in [2.45, 2.75) is 24.9 Å². The number of imide groups is 1. The normalized spacial score (nSPS) is 30.2. The summed E-state index contributed by atoms with van der Waals surface area (Å²) in [4.78, 5) is 40.0. The fourth-order valence-electron chi connectivity index (χ4n) is 3.95. The van der Waals surface area contributed by atoms with Crippen LogP contribution in [0.25, 0.3) is 0 Å². The molecule has 1 aromatic heterocycles. The van der Waals surface area contributed by atoms with Gasteiger partial charge < -0.3 is 9.84 Å². The predicted molar refractivity (Wildman–Crippen MR) is 94.0 cm³/mol. The number of carbonyl (C=O) groups excluding carboxylic acids is 3. The molecule has 7 nitrogen and oxygen atoms in total. The lowest BCUT2D eigenvalue weighted by Crippen LogP contribution is -2.55. The number of thiophene rings is 1. The maximum absolute atomic E-state index is 12.7. The molecular weight excluding hydrogens is 356 g/mol. The zero-order valence-corrected chi connectivity index (χ0v) is 15.6. The predicted octanol–water partition coefficient (Wildman–Crippen LogP) is 0.289. The number of ether oxygens (including phenoxy) is 1. The van der Waals surface area contributed by atoms with Crippen molar-refractivity contribution in [3.63, 3.8) is 0 Å². The van der Waals surface area contributed by atoms with Gasteiger partial charge in [0.15, 0.2) is 0 Å². The van der Waals surface area contributed by atoms with E-state index in [2.05, 4.69) is 17.2 Å². The molecule has 8 heteroatoms. The molecule has 1 aromatic rings. The lowest BCUT2D eigenvalue weighted by molar-refractivity contribution is -0.154. The number of nitrogens with one attached hydrogen (secondary N) is 1. The fourth-order valence-corrected chi connectivity index (χ4v) is 4.89. The van der Waals surface area contributed by atoms with Gasteiger partial charge in [0.2, 0.25) is 11.8 Å². The third kappa shape index (κ3) is 2.55. The average molecular weight is 376 g/mol. The van der Waals surface area contributed by atoms with Crippen LogP contribution in [0.2, 0.25) is 0 Å². The van der Waals surface area contributed by atoms with Crippen molar-refractivity contribution >= 4 is 29.1 Å². The Labute approximate surface area is 155 Å². The molecule has 0 saturated carbocycles. The van der Waals surface area contributed by atoms with Gasteiger partial charge in [0, 0.05) is 22.9 Å². The Kier molecular flexibility index (Phi) is 4.88. The third-order valence-electron chi connectivity index (χ3n) is 5.22. The highest BCUT2D eigenvalue weighted by Crippen LogP contribution is 2.50. The van der Waals surface area contributed by atoms with E-state index in [1.165, 1.54) is 25.5 Å². The number of hydrogen-bond donors (Lipinski definition) is 2. The Morgan fingerprint density at radius 2 is 2.19 bits per heavy atom. The summed E-state index contributed by atoms with van der Waals surface area (Å²) in [6.07, 6.45) is 0.326. The second-order valence-electron chi connectivity index (χ2n) is 6.38. The Morgan fingerprint density at radius 1 is 1.46 bits per heavy atom. The van der Waals surface area contributed by atoms with Gasteiger partial charge in [-0.05, 0) is 12.5 Å². The van der Waals surface area contributed by atoms with E-state index >= 15 is 0 Å². The molecule has 26 heavy (non-hydrogen) atoms. The zero-order valence-electron chi connectivity index (χ0n) is 14.7. The molecule has 0 radical (unpaired) electrons. The molecule has 3 rings (SSSR count). The van der Waals surface area contributed by atoms with Crippen LogP contribution in [0, 0.1) is 23.7 Å². The number of carbonyl (C=O) groups is 3. The standard InChI is InChI=1S/C18H20N2O5S/c1-4-18(17(24)25-3)13-12(15(22)20(2)16(13)23)14(19-18)11-8-10(9-26-11)6-5-7-21/h8-9,12-14,19,21H,4,7H2,1-3H3/t12-,13-,14-,18-/m1/s1. The van der Waals surface area contributed by atoms with Crippen LogP contribution in [0.4, 0.5) is 0 Å². The quantitative estimate of drug-likeness (QED) is 0.447. The molecule has 0 aliphatic carbocycles. The van der Waals surface area contributed by atoms with Gasteiger partial charge in [0.1, 0.15) is 12.1 Å². The minimum absolute atomic E-state index is 0.239. The Morgan fingerprint density at radius 3 is 2.81 bits per heavy atom. The van der Waals surface area contributed by atoms with Crippen LogP contribution < -0.4 is 5.32 Å². The minimum atomic E-state index is -1.23. The van der Waals surface area contributed by atoms with Gasteiger partial charge in [-0.3, -0.25) is 24.6 Å². The number of amides is 2. The molecule has 2 amide bonds. The number of rotatable bonds is 3. The minimum Gasteiger partial charge on any atom is -0.468 e. The average Bonchev–Trinajstić information content (AvgIpc) is 3.31. The van der Waals surface area contributed by atoms with E-state index in [-0.39, 0.29) is 18.4 Å². The molecular formula is C18H20N2O5S. The molecule has 0 spiro atoms. The molecule has 0 bridgehead atoms. The molecule has 0 aromatic carbocycles. The number of aliphatic hydroxyl groups excluding tert-OH is 1. The second-order valence-corrected chi connectivity index (χ2v) is 7.32. The van der Waals surface area contributed by atoms with Crippen LogP contribution in [0.5, 0.6) is 0 Å². The van der Waals surface area contributed by atoms with E-state index in [4.69, 9.17) is 9.84 Å². The first-order valence-corrected chi connectivity index (χ1v) is 9.15. The number of likely N-dealkylation sites (tertiary alicyclic amines) is 1. The van der Waals surface area contributed by atoms with Gasteiger partial charge in [-0.2, -0.15) is 0 Å². The Bertz CT molecular complexity index is 823. The monoisotopic (exact) mass is 376 g/mol. The van der Waals surface area contributed by atoms with E-state index in [0.29, 0.717) is 6.42 Å². The molecule has 3 heterocycles. The van der Waals surface area contributed by atoms with Crippen LogP contribution in [-0.2, 0) is 19.1 Å². The van der Waals surface area contributed by atoms with Crippen molar-refractivity contribution in [2.75, 3.05) is 20.8 Å². The highest BCUT2D eigenvalue weighted by molar-refractivity contribution is 7.10. The topological polar surface area (TPSA) is 95.9 Å². The first-order valence-electron chi connectivity index (χ1n) is 8.27. The van der Waals surface area contributed by atoms with Crippen LogP contribution in [-0.4, -0.2) is 54.1 Å². The van der Waals surface area contributed by atoms with Crippen LogP contribution >= 0.6 is 11.3 Å². The van der Waals surface area contributed by atoms with Crippen molar-refractivity contribution in [3.8, 4) is 11.8 Å². The largest absolute Gasteiger partial charge is 0.468 e. The zero-order chi connectivity index (χ0) is 19.1. The van der Waals surface area contributed by atoms with E-state index in [9.17, 15) is 14.4 Å². The molecule has 2 aliphatic rings. The van der Waals surface area contributed by atoms with E-state index in [0.717, 1.165) is 15.3 Å². The summed E-state index contributed by atoms with van der Waals surface area (Å²) in [7, 11) is 2.73. The van der Waals surface area contributed by atoms with Crippen molar-refractivity contribution in [1.82, 2.24) is 10.2 Å². The third-order valence-corrected chi connectivity index (χ3v) is 6.24. The van der Waals surface area contributed by atoms with Crippen molar-refractivity contribution in [1.29, 1.82) is 0 Å². The SMILES string of the molecule is CC[C@@]1(C(=O)OC)N[C@H](c2cc(C#CCO)cs2)[C@@H]2C(=O)N(C)C(=O)[C@@H]21. The molecule has 4 atom stereocenters. The number of methoxy groups -OCH3 is 1. The van der Waals surface area contributed by atoms with Gasteiger partial charge >= 0.3 is 5.97 Å². The molecule has 2 aliphatic heterocycles. The van der Waals surface area contributed by atoms with Crippen molar-refractivity contribution in [2.24, 2.45) is 11.8 Å². The first kappa shape index (κ1) is 18.6. The van der Waals surface area contributed by atoms with E-state index < -0.39 is 29.4 Å². The van der Waals surface area contributed by atoms with Gasteiger partial charge in [0.25, 0.3) is 0 Å². The van der Waals surface area contributed by atoms with Gasteiger partial charge in [-0.15, -0.1) is 11.3 Å². The Hall–Kier alpha value is -2.21. The highest BCUT2D eigenvalue weighted by atomic mass is 32.1. The first-order chi connectivity index (χ1) is 12.4. The summed E-state index contributed by atoms with van der Waals surface area (Å²) >= 11 is 1.40. The van der Waals surface area contributed by atoms with E-state index in [1.807, 2.05) is 11.4 Å². The molecule has 2 saturated heterocycles. The smallest absolute Gasteiger partial charge is 0.326 e. The van der Waals surface area contributed by atoms with Gasteiger partial charge in [-0.1, -0.05) is 18.8 Å². The van der Waals surface area contributed by atoms with Crippen LogP contribution in [0.3, 0.4) is 0 Å². The number of esters is 1. The van der Waals surface area contributed by atoms with Gasteiger partial charge in [-0.25, -0.2) is 0 Å². The molecule has 138 valence electrons. The number of aliphatic hydroxyl groups is 1. The summed E-state index contributed by atoms with van der Waals surface area (Å²) in [5.74, 6) is 2.75. The van der Waals surface area contributed by atoms with Crippen LogP contribution in [0.15, 0.2) is 11.4 Å². The van der Waals surface area contributed by atoms with Crippen molar-refractivity contribution in [3.05, 3.63) is 21.9 Å². The molecule has 0 unspecified atom stereocenters. The summed E-state index contributed by atoms with van der Waals surface area (Å²) in [6, 6.07) is 1.34.